The number of carbonyl (C=O) groups excluding carboxylic acids is 1. The van der Waals surface area contributed by atoms with Crippen molar-refractivity contribution in [2.45, 2.75) is 52.5 Å². The lowest BCUT2D eigenvalue weighted by atomic mass is 10.5. The van der Waals surface area contributed by atoms with Gasteiger partial charge in [0.2, 0.25) is 0 Å². The Morgan fingerprint density at radius 1 is 0.895 bits per heavy atom. The van der Waals surface area contributed by atoms with Crippen LogP contribution in [0.15, 0.2) is 0 Å². The molecule has 0 heterocycles. The molecule has 0 aromatic heterocycles. The lowest BCUT2D eigenvalue weighted by Crippen LogP contribution is -2.47. The molecule has 0 rings (SSSR count). The van der Waals surface area contributed by atoms with E-state index < -0.39 is 8.80 Å². The van der Waals surface area contributed by atoms with E-state index in [1.165, 1.54) is 7.11 Å². The Labute approximate surface area is 117 Å². The molecular formula is C13H28O5Si. The summed E-state index contributed by atoms with van der Waals surface area (Å²) in [6, 6.07) is 0.486. The molecule has 0 spiro atoms. The zero-order chi connectivity index (χ0) is 14.6. The van der Waals surface area contributed by atoms with Gasteiger partial charge in [0.15, 0.2) is 0 Å². The normalized spacial score (nSPS) is 11.6. The third-order valence-corrected chi connectivity index (χ3v) is 5.24. The van der Waals surface area contributed by atoms with Crippen molar-refractivity contribution in [2.75, 3.05) is 26.9 Å². The van der Waals surface area contributed by atoms with Crippen LogP contribution in [0.5, 0.6) is 0 Å². The van der Waals surface area contributed by atoms with Crippen molar-refractivity contribution < 1.29 is 22.8 Å². The number of methoxy groups -OCH3 is 1. The molecule has 114 valence electrons. The largest absolute Gasteiger partial charge is 0.501 e. The second-order valence-corrected chi connectivity index (χ2v) is 7.04. The van der Waals surface area contributed by atoms with E-state index in [2.05, 4.69) is 4.74 Å². The molecule has 0 atom stereocenters. The average Bonchev–Trinajstić information content (AvgIpc) is 2.45. The van der Waals surface area contributed by atoms with Crippen molar-refractivity contribution in [1.82, 2.24) is 0 Å². The highest BCUT2D eigenvalue weighted by atomic mass is 28.4. The van der Waals surface area contributed by atoms with Crippen LogP contribution >= 0.6 is 0 Å². The third kappa shape index (κ3) is 8.36. The summed E-state index contributed by atoms with van der Waals surface area (Å²) in [7, 11) is -1.35. The molecule has 0 saturated carbocycles. The second-order valence-electron chi connectivity index (χ2n) is 4.30. The molecule has 0 unspecified atom stereocenters. The minimum atomic E-state index is -2.74. The minimum Gasteiger partial charge on any atom is -0.469 e. The van der Waals surface area contributed by atoms with E-state index in [1.54, 1.807) is 0 Å². The molecule has 0 N–H and O–H groups in total. The van der Waals surface area contributed by atoms with Gasteiger partial charge in [-0.1, -0.05) is 20.8 Å². The van der Waals surface area contributed by atoms with Crippen LogP contribution < -0.4 is 0 Å². The van der Waals surface area contributed by atoms with Gasteiger partial charge in [-0.05, 0) is 19.3 Å². The summed E-state index contributed by atoms with van der Waals surface area (Å²) < 4.78 is 22.3. The first-order valence-electron chi connectivity index (χ1n) is 7.12. The lowest BCUT2D eigenvalue weighted by molar-refractivity contribution is -0.140. The van der Waals surface area contributed by atoms with Gasteiger partial charge in [-0.2, -0.15) is 0 Å². The number of esters is 1. The number of ether oxygens (including phenoxy) is 1. The average molecular weight is 292 g/mol. The molecule has 19 heavy (non-hydrogen) atoms. The summed E-state index contributed by atoms with van der Waals surface area (Å²) in [4.78, 5) is 11.3. The van der Waals surface area contributed by atoms with Gasteiger partial charge in [0.25, 0.3) is 0 Å². The Hall–Kier alpha value is -0.433. The molecule has 5 nitrogen and oxygen atoms in total. The van der Waals surface area contributed by atoms with Crippen LogP contribution in [-0.2, 0) is 22.8 Å². The minimum absolute atomic E-state index is 0.253. The topological polar surface area (TPSA) is 54.0 Å². The maximum atomic E-state index is 11.3. The highest BCUT2D eigenvalue weighted by Gasteiger charge is 2.41. The number of hydrogen-bond donors (Lipinski definition) is 0. The first-order valence-corrected chi connectivity index (χ1v) is 9.06. The zero-order valence-corrected chi connectivity index (χ0v) is 13.7. The summed E-state index contributed by atoms with van der Waals surface area (Å²) in [6.07, 6.45) is 2.98. The van der Waals surface area contributed by atoms with Crippen LogP contribution in [-0.4, -0.2) is 41.7 Å². The summed E-state index contributed by atoms with van der Waals surface area (Å²) in [5.41, 5.74) is 0. The first-order chi connectivity index (χ1) is 9.14. The van der Waals surface area contributed by atoms with Crippen molar-refractivity contribution in [3.63, 3.8) is 0 Å². The molecule has 0 amide bonds. The van der Waals surface area contributed by atoms with Gasteiger partial charge in [-0.15, -0.1) is 0 Å². The standard InChI is InChI=1S/C13H28O5Si/c1-5-9-16-19(17-10-6-2,18-11-7-3)12-8-13(14)15-4/h5-12H2,1-4H3. The number of hydrogen-bond acceptors (Lipinski definition) is 5. The fourth-order valence-corrected chi connectivity index (χ4v) is 4.21. The molecule has 0 aromatic carbocycles. The van der Waals surface area contributed by atoms with E-state index in [0.29, 0.717) is 25.9 Å². The van der Waals surface area contributed by atoms with Crippen molar-refractivity contribution in [1.29, 1.82) is 0 Å². The predicted molar refractivity (Wildman–Crippen MR) is 75.9 cm³/mol. The van der Waals surface area contributed by atoms with Crippen LogP contribution in [0.4, 0.5) is 0 Å². The Morgan fingerprint density at radius 3 is 1.63 bits per heavy atom. The smallest absolute Gasteiger partial charge is 0.469 e. The van der Waals surface area contributed by atoms with Gasteiger partial charge in [0, 0.05) is 32.3 Å². The van der Waals surface area contributed by atoms with Gasteiger partial charge in [-0.25, -0.2) is 0 Å². The highest BCUT2D eigenvalue weighted by Crippen LogP contribution is 2.19. The van der Waals surface area contributed by atoms with E-state index in [4.69, 9.17) is 13.3 Å². The van der Waals surface area contributed by atoms with Gasteiger partial charge in [0.05, 0.1) is 7.11 Å². The van der Waals surface area contributed by atoms with Crippen LogP contribution in [0.1, 0.15) is 46.5 Å². The highest BCUT2D eigenvalue weighted by molar-refractivity contribution is 6.61. The molecule has 0 radical (unpaired) electrons. The Balaban J connectivity index is 4.60. The molecular weight excluding hydrogens is 264 g/mol. The monoisotopic (exact) mass is 292 g/mol. The van der Waals surface area contributed by atoms with Gasteiger partial charge >= 0.3 is 14.8 Å². The summed E-state index contributed by atoms with van der Waals surface area (Å²) in [6.45, 7) is 7.92. The molecule has 0 fully saturated rings. The number of carbonyl (C=O) groups is 1. The molecule has 0 bridgehead atoms. The molecule has 0 aliphatic carbocycles. The second kappa shape index (κ2) is 11.4. The van der Waals surface area contributed by atoms with Crippen molar-refractivity contribution >= 4 is 14.8 Å². The molecule has 0 saturated heterocycles. The Kier molecular flexibility index (Phi) is 11.1. The van der Waals surface area contributed by atoms with E-state index in [0.717, 1.165) is 19.3 Å². The van der Waals surface area contributed by atoms with Gasteiger partial charge < -0.3 is 18.0 Å². The van der Waals surface area contributed by atoms with Crippen LogP contribution in [0.3, 0.4) is 0 Å². The van der Waals surface area contributed by atoms with Crippen LogP contribution in [0, 0.1) is 0 Å². The summed E-state index contributed by atoms with van der Waals surface area (Å²) >= 11 is 0. The Morgan fingerprint density at radius 2 is 1.32 bits per heavy atom. The van der Waals surface area contributed by atoms with Crippen molar-refractivity contribution in [2.24, 2.45) is 0 Å². The molecule has 0 aromatic rings. The van der Waals surface area contributed by atoms with Crippen molar-refractivity contribution in [3.8, 4) is 0 Å². The quantitative estimate of drug-likeness (QED) is 0.409. The fourth-order valence-electron chi connectivity index (χ4n) is 1.47. The number of rotatable bonds is 12. The summed E-state index contributed by atoms with van der Waals surface area (Å²) in [5.74, 6) is -0.253. The maximum absolute atomic E-state index is 11.3. The van der Waals surface area contributed by atoms with Crippen molar-refractivity contribution in [3.05, 3.63) is 0 Å². The molecule has 6 heteroatoms. The zero-order valence-electron chi connectivity index (χ0n) is 12.7. The lowest BCUT2D eigenvalue weighted by Gasteiger charge is -2.29. The van der Waals surface area contributed by atoms with Crippen LogP contribution in [0.2, 0.25) is 6.04 Å². The van der Waals surface area contributed by atoms with E-state index in [-0.39, 0.29) is 12.4 Å². The first kappa shape index (κ1) is 18.6. The fraction of sp³-hybridized carbons (Fsp3) is 0.923. The van der Waals surface area contributed by atoms with E-state index in [9.17, 15) is 4.79 Å². The van der Waals surface area contributed by atoms with E-state index in [1.807, 2.05) is 20.8 Å². The van der Waals surface area contributed by atoms with Gasteiger partial charge in [-0.3, -0.25) is 4.79 Å². The SMILES string of the molecule is CCCO[Si](CCC(=O)OC)(OCCC)OCCC. The van der Waals surface area contributed by atoms with E-state index >= 15 is 0 Å². The predicted octanol–water partition coefficient (Wildman–Crippen LogP) is 2.77. The van der Waals surface area contributed by atoms with Gasteiger partial charge in [0.1, 0.15) is 0 Å². The summed E-state index contributed by atoms with van der Waals surface area (Å²) in [5, 5.41) is 0. The third-order valence-electron chi connectivity index (χ3n) is 2.44. The Bertz CT molecular complexity index is 213. The van der Waals surface area contributed by atoms with Crippen LogP contribution in [0.25, 0.3) is 0 Å². The molecule has 0 aliphatic rings. The molecule has 0 aliphatic heterocycles. The maximum Gasteiger partial charge on any atom is 0.501 e.